The maximum absolute atomic E-state index is 12.2. The second kappa shape index (κ2) is 7.06. The molecule has 118 valence electrons. The Hall–Kier alpha value is -0.370. The first kappa shape index (κ1) is 17.7. The SMILES string of the molecule is CC(C)S(=O)(=O)N1CCN(C(=O)C2CCCN2)CC1.Cl. The summed E-state index contributed by atoms with van der Waals surface area (Å²) in [6.45, 7) is 6.12. The van der Waals surface area contributed by atoms with E-state index in [2.05, 4.69) is 5.32 Å². The highest BCUT2D eigenvalue weighted by Gasteiger charge is 2.33. The smallest absolute Gasteiger partial charge is 0.239 e. The van der Waals surface area contributed by atoms with E-state index in [0.717, 1.165) is 19.4 Å². The van der Waals surface area contributed by atoms with Crippen molar-refractivity contribution in [3.05, 3.63) is 0 Å². The second-order valence-corrected chi connectivity index (χ2v) is 7.96. The van der Waals surface area contributed by atoms with Gasteiger partial charge in [0.15, 0.2) is 0 Å². The molecule has 0 aliphatic carbocycles. The fourth-order valence-corrected chi connectivity index (χ4v) is 3.85. The third-order valence-corrected chi connectivity index (χ3v) is 6.14. The highest BCUT2D eigenvalue weighted by atomic mass is 35.5. The molecule has 2 aliphatic heterocycles. The Labute approximate surface area is 127 Å². The van der Waals surface area contributed by atoms with Crippen LogP contribution in [0.4, 0.5) is 0 Å². The lowest BCUT2D eigenvalue weighted by atomic mass is 10.2. The first-order chi connectivity index (χ1) is 8.93. The van der Waals surface area contributed by atoms with Crippen LogP contribution in [0, 0.1) is 0 Å². The summed E-state index contributed by atoms with van der Waals surface area (Å²) in [5, 5.41) is 2.79. The minimum atomic E-state index is -3.19. The average molecular weight is 326 g/mol. The van der Waals surface area contributed by atoms with Crippen molar-refractivity contribution in [2.75, 3.05) is 32.7 Å². The molecule has 0 aromatic heterocycles. The molecule has 0 saturated carbocycles. The molecule has 1 amide bonds. The lowest BCUT2D eigenvalue weighted by molar-refractivity contribution is -0.134. The standard InChI is InChI=1S/C12H23N3O3S.ClH/c1-10(2)19(17,18)15-8-6-14(7-9-15)12(16)11-4-3-5-13-11;/h10-11,13H,3-9H2,1-2H3;1H. The predicted molar refractivity (Wildman–Crippen MR) is 80.5 cm³/mol. The first-order valence-electron chi connectivity index (χ1n) is 6.94. The normalized spacial score (nSPS) is 24.8. The van der Waals surface area contributed by atoms with Crippen molar-refractivity contribution >= 4 is 28.3 Å². The first-order valence-corrected chi connectivity index (χ1v) is 8.44. The van der Waals surface area contributed by atoms with Crippen LogP contribution in [-0.4, -0.2) is 67.5 Å². The maximum atomic E-state index is 12.2. The summed E-state index contributed by atoms with van der Waals surface area (Å²) in [6.07, 6.45) is 1.93. The van der Waals surface area contributed by atoms with Crippen molar-refractivity contribution in [3.63, 3.8) is 0 Å². The van der Waals surface area contributed by atoms with Crippen molar-refractivity contribution in [1.82, 2.24) is 14.5 Å². The number of halogens is 1. The lowest BCUT2D eigenvalue weighted by Crippen LogP contribution is -2.55. The number of carbonyl (C=O) groups excluding carboxylic acids is 1. The van der Waals surface area contributed by atoms with Crippen molar-refractivity contribution in [2.45, 2.75) is 38.0 Å². The molecular weight excluding hydrogens is 302 g/mol. The minimum absolute atomic E-state index is 0. The number of nitrogens with one attached hydrogen (secondary N) is 1. The maximum Gasteiger partial charge on any atom is 0.239 e. The molecule has 0 aromatic carbocycles. The molecule has 1 atom stereocenters. The van der Waals surface area contributed by atoms with E-state index in [0.29, 0.717) is 26.2 Å². The number of hydrogen-bond donors (Lipinski definition) is 1. The van der Waals surface area contributed by atoms with Gasteiger partial charge in [0, 0.05) is 26.2 Å². The van der Waals surface area contributed by atoms with Crippen molar-refractivity contribution in [2.24, 2.45) is 0 Å². The molecule has 6 nitrogen and oxygen atoms in total. The molecular formula is C12H24ClN3O3S. The van der Waals surface area contributed by atoms with Gasteiger partial charge in [-0.1, -0.05) is 0 Å². The van der Waals surface area contributed by atoms with Crippen LogP contribution in [0.15, 0.2) is 0 Å². The molecule has 2 heterocycles. The van der Waals surface area contributed by atoms with E-state index in [1.54, 1.807) is 18.7 Å². The van der Waals surface area contributed by atoms with Crippen LogP contribution in [0.2, 0.25) is 0 Å². The van der Waals surface area contributed by atoms with E-state index in [4.69, 9.17) is 0 Å². The molecule has 2 aliphatic rings. The molecule has 1 N–H and O–H groups in total. The molecule has 0 radical (unpaired) electrons. The van der Waals surface area contributed by atoms with Crippen molar-refractivity contribution < 1.29 is 13.2 Å². The molecule has 2 rings (SSSR count). The van der Waals surface area contributed by atoms with Gasteiger partial charge in [0.1, 0.15) is 0 Å². The van der Waals surface area contributed by atoms with Gasteiger partial charge in [-0.05, 0) is 33.2 Å². The third kappa shape index (κ3) is 3.63. The summed E-state index contributed by atoms with van der Waals surface area (Å²) >= 11 is 0. The van der Waals surface area contributed by atoms with Gasteiger partial charge >= 0.3 is 0 Å². The Kier molecular flexibility index (Phi) is 6.25. The van der Waals surface area contributed by atoms with E-state index >= 15 is 0 Å². The van der Waals surface area contributed by atoms with E-state index < -0.39 is 15.3 Å². The molecule has 8 heteroatoms. The topological polar surface area (TPSA) is 69.7 Å². The van der Waals surface area contributed by atoms with Crippen LogP contribution in [-0.2, 0) is 14.8 Å². The van der Waals surface area contributed by atoms with Crippen molar-refractivity contribution in [1.29, 1.82) is 0 Å². The van der Waals surface area contributed by atoms with Crippen LogP contribution in [0.1, 0.15) is 26.7 Å². The molecule has 0 aromatic rings. The second-order valence-electron chi connectivity index (χ2n) is 5.47. The molecule has 2 saturated heterocycles. The summed E-state index contributed by atoms with van der Waals surface area (Å²) in [5.41, 5.74) is 0. The van der Waals surface area contributed by atoms with Gasteiger partial charge in [-0.3, -0.25) is 4.79 Å². The summed E-state index contributed by atoms with van der Waals surface area (Å²) in [6, 6.07) is -0.0618. The van der Waals surface area contributed by atoms with Gasteiger partial charge in [0.25, 0.3) is 0 Å². The van der Waals surface area contributed by atoms with E-state index in [1.807, 2.05) is 0 Å². The monoisotopic (exact) mass is 325 g/mol. The Morgan fingerprint density at radius 1 is 1.20 bits per heavy atom. The molecule has 1 unspecified atom stereocenters. The van der Waals surface area contributed by atoms with Crippen LogP contribution in [0.25, 0.3) is 0 Å². The Morgan fingerprint density at radius 3 is 2.25 bits per heavy atom. The van der Waals surface area contributed by atoms with Crippen LogP contribution in [0.5, 0.6) is 0 Å². The van der Waals surface area contributed by atoms with Crippen molar-refractivity contribution in [3.8, 4) is 0 Å². The lowest BCUT2D eigenvalue weighted by Gasteiger charge is -2.36. The highest BCUT2D eigenvalue weighted by molar-refractivity contribution is 7.89. The van der Waals surface area contributed by atoms with Gasteiger partial charge < -0.3 is 10.2 Å². The third-order valence-electron chi connectivity index (χ3n) is 3.86. The number of carbonyl (C=O) groups is 1. The van der Waals surface area contributed by atoms with Gasteiger partial charge in [-0.2, -0.15) is 4.31 Å². The Morgan fingerprint density at radius 2 is 1.80 bits per heavy atom. The van der Waals surface area contributed by atoms with Crippen LogP contribution in [0.3, 0.4) is 0 Å². The number of sulfonamides is 1. The molecule has 20 heavy (non-hydrogen) atoms. The number of rotatable bonds is 3. The van der Waals surface area contributed by atoms with E-state index in [-0.39, 0.29) is 24.4 Å². The molecule has 0 bridgehead atoms. The summed E-state index contributed by atoms with van der Waals surface area (Å²) < 4.78 is 25.6. The summed E-state index contributed by atoms with van der Waals surface area (Å²) in [4.78, 5) is 14.0. The van der Waals surface area contributed by atoms with E-state index in [9.17, 15) is 13.2 Å². The average Bonchev–Trinajstić information content (AvgIpc) is 2.91. The number of hydrogen-bond acceptors (Lipinski definition) is 4. The van der Waals surface area contributed by atoms with Gasteiger partial charge in [0.05, 0.1) is 11.3 Å². The van der Waals surface area contributed by atoms with Gasteiger partial charge in [0.2, 0.25) is 15.9 Å². The molecule has 2 fully saturated rings. The number of piperazine rings is 1. The van der Waals surface area contributed by atoms with Gasteiger partial charge in [-0.25, -0.2) is 8.42 Å². The predicted octanol–water partition coefficient (Wildman–Crippen LogP) is 0.0426. The number of nitrogens with zero attached hydrogens (tertiary/aromatic N) is 2. The largest absolute Gasteiger partial charge is 0.339 e. The highest BCUT2D eigenvalue weighted by Crippen LogP contribution is 2.15. The number of amides is 1. The van der Waals surface area contributed by atoms with Gasteiger partial charge in [-0.15, -0.1) is 12.4 Å². The zero-order valence-electron chi connectivity index (χ0n) is 12.0. The summed E-state index contributed by atoms with van der Waals surface area (Å²) in [7, 11) is -3.19. The Bertz CT molecular complexity index is 427. The molecule has 0 spiro atoms. The van der Waals surface area contributed by atoms with E-state index in [1.165, 1.54) is 4.31 Å². The minimum Gasteiger partial charge on any atom is -0.339 e. The fourth-order valence-electron chi connectivity index (χ4n) is 2.58. The van der Waals surface area contributed by atoms with Crippen LogP contribution >= 0.6 is 12.4 Å². The quantitative estimate of drug-likeness (QED) is 0.795. The Balaban J connectivity index is 0.00000200. The zero-order chi connectivity index (χ0) is 14.0. The zero-order valence-corrected chi connectivity index (χ0v) is 13.7. The summed E-state index contributed by atoms with van der Waals surface area (Å²) in [5.74, 6) is 0.124. The fraction of sp³-hybridized carbons (Fsp3) is 0.917. The van der Waals surface area contributed by atoms with Crippen LogP contribution < -0.4 is 5.32 Å².